The van der Waals surface area contributed by atoms with E-state index in [9.17, 15) is 19.2 Å². The number of hydrogen-bond donors (Lipinski definition) is 0. The molecule has 2 amide bonds. The molecule has 1 aliphatic rings. The van der Waals surface area contributed by atoms with E-state index in [1.54, 1.807) is 41.5 Å². The Hall–Kier alpha value is -2.91. The molecule has 1 saturated heterocycles. The number of esters is 1. The third kappa shape index (κ3) is 17.0. The molecule has 0 aliphatic carbocycles. The van der Waals surface area contributed by atoms with Gasteiger partial charge >= 0.3 is 29.8 Å². The summed E-state index contributed by atoms with van der Waals surface area (Å²) in [5.41, 5.74) is -3.33. The second-order valence-electron chi connectivity index (χ2n) is 19.2. The second-order valence-corrected chi connectivity index (χ2v) is 24.0. The summed E-state index contributed by atoms with van der Waals surface area (Å²) in [6.07, 6.45) is 10.2. The lowest BCUT2D eigenvalue weighted by molar-refractivity contribution is -0.176. The van der Waals surface area contributed by atoms with Gasteiger partial charge in [0, 0.05) is 12.6 Å². The lowest BCUT2D eigenvalue weighted by Gasteiger charge is -2.37. The van der Waals surface area contributed by atoms with Crippen molar-refractivity contribution in [2.24, 2.45) is 0 Å². The Morgan fingerprint density at radius 2 is 1.24 bits per heavy atom. The van der Waals surface area contributed by atoms with Crippen LogP contribution in [-0.4, -0.2) is 72.0 Å². The van der Waals surface area contributed by atoms with Gasteiger partial charge in [0.15, 0.2) is 20.2 Å². The number of anilines is 1. The number of hydrogen-bond acceptors (Lipinski definition) is 10. The molecule has 2 heterocycles. The Bertz CT molecular complexity index is 1470. The molecule has 0 unspecified atom stereocenters. The predicted molar refractivity (Wildman–Crippen MR) is 225 cm³/mol. The van der Waals surface area contributed by atoms with E-state index in [4.69, 9.17) is 23.4 Å². The third-order valence-electron chi connectivity index (χ3n) is 10.5. The van der Waals surface area contributed by atoms with Crippen LogP contribution in [0, 0.1) is 0 Å². The molecule has 58 heavy (non-hydrogen) atoms. The molecule has 0 N–H and O–H groups in total. The van der Waals surface area contributed by atoms with Crippen molar-refractivity contribution in [3.8, 4) is 0 Å². The van der Waals surface area contributed by atoms with E-state index in [0.717, 1.165) is 37.9 Å². The van der Waals surface area contributed by atoms with Gasteiger partial charge in [0.1, 0.15) is 17.3 Å². The lowest BCUT2D eigenvalue weighted by atomic mass is 10.0. The lowest BCUT2D eigenvalue weighted by Crippen LogP contribution is -2.47. The topological polar surface area (TPSA) is 135 Å². The molecule has 3 atom stereocenters. The molecule has 1 aliphatic heterocycles. The summed E-state index contributed by atoms with van der Waals surface area (Å²) in [4.78, 5) is 57.0. The number of rotatable bonds is 22. The molecule has 2 rings (SSSR count). The van der Waals surface area contributed by atoms with Gasteiger partial charge < -0.3 is 23.4 Å². The van der Waals surface area contributed by atoms with Crippen LogP contribution in [0.15, 0.2) is 17.1 Å². The summed E-state index contributed by atoms with van der Waals surface area (Å²) in [5, 5.41) is -0.252. The number of halogens is 2. The van der Waals surface area contributed by atoms with Gasteiger partial charge in [-0.1, -0.05) is 118 Å². The number of carbonyl (C=O) groups excluding carboxylic acids is 3. The van der Waals surface area contributed by atoms with Gasteiger partial charge in [0.05, 0.1) is 6.61 Å². The first-order valence-electron chi connectivity index (χ1n) is 21.5. The van der Waals surface area contributed by atoms with Gasteiger partial charge in [-0.25, -0.2) is 14.4 Å². The number of unbranched alkanes of at least 4 members (excludes halogenated alkanes) is 14. The number of imide groups is 1. The van der Waals surface area contributed by atoms with Gasteiger partial charge in [-0.05, 0) is 72.2 Å². The van der Waals surface area contributed by atoms with Crippen LogP contribution in [0.4, 0.5) is 24.2 Å². The standard InChI is InChI=1S/C43H75F2N3O9Si/c1-13-14-15-16-17-18-19-20-21-22-23-24-25-26-27-28-34(49)55-35-32(31-53-58(11,12)42(8,9)10)54-36(43(35,44)45)47-30-29-33(46-37(47)50)48(38(51)56-40(2,3)4)39(52)57-41(5,6)7/h29-30,32,35-36H,13-28,31H2,1-12H3/t32-,35-,36-/m1/s1. The van der Waals surface area contributed by atoms with Crippen LogP contribution in [0.3, 0.4) is 0 Å². The number of carbonyl (C=O) groups is 3. The fourth-order valence-corrected chi connectivity index (χ4v) is 7.19. The zero-order valence-corrected chi connectivity index (χ0v) is 38.7. The molecule has 0 saturated carbocycles. The van der Waals surface area contributed by atoms with Crippen LogP contribution in [0.2, 0.25) is 18.1 Å². The van der Waals surface area contributed by atoms with Gasteiger partial charge in [-0.2, -0.15) is 18.7 Å². The summed E-state index contributed by atoms with van der Waals surface area (Å²) in [6, 6.07) is 1.03. The molecule has 1 aromatic heterocycles. The molecule has 0 aromatic carbocycles. The summed E-state index contributed by atoms with van der Waals surface area (Å²) in [5.74, 6) is -5.18. The number of alkyl halides is 2. The number of nitrogens with zero attached hydrogens (tertiary/aromatic N) is 3. The first-order valence-corrected chi connectivity index (χ1v) is 24.4. The van der Waals surface area contributed by atoms with Gasteiger partial charge in [0.25, 0.3) is 0 Å². The maximum absolute atomic E-state index is 16.4. The Balaban J connectivity index is 2.15. The smallest absolute Gasteiger partial charge is 0.425 e. The van der Waals surface area contributed by atoms with Gasteiger partial charge in [0.2, 0.25) is 6.23 Å². The largest absolute Gasteiger partial charge is 0.453 e. The van der Waals surface area contributed by atoms with Crippen LogP contribution < -0.4 is 10.6 Å². The Labute approximate surface area is 347 Å². The Morgan fingerprint density at radius 1 is 0.793 bits per heavy atom. The summed E-state index contributed by atoms with van der Waals surface area (Å²) < 4.78 is 61.6. The average Bonchev–Trinajstić information content (AvgIpc) is 3.31. The molecule has 15 heteroatoms. The monoisotopic (exact) mass is 844 g/mol. The number of amides is 2. The zero-order chi connectivity index (χ0) is 44.0. The van der Waals surface area contributed by atoms with Crippen molar-refractivity contribution >= 4 is 32.3 Å². The van der Waals surface area contributed by atoms with Crippen LogP contribution >= 0.6 is 0 Å². The molecule has 1 fully saturated rings. The fraction of sp³-hybridized carbons (Fsp3) is 0.837. The SMILES string of the molecule is CCCCCCCCCCCCCCCCCC(=O)O[C@@H]1[C@@H](CO[Si](C)(C)C(C)(C)C)O[C@@H](n2ccc(N(C(=O)OC(C)(C)C)C(=O)OC(C)(C)C)nc2=O)C1(F)F. The van der Waals surface area contributed by atoms with Crippen molar-refractivity contribution in [1.29, 1.82) is 0 Å². The molecule has 0 bridgehead atoms. The molecule has 334 valence electrons. The van der Waals surface area contributed by atoms with Crippen molar-refractivity contribution in [2.75, 3.05) is 11.5 Å². The van der Waals surface area contributed by atoms with Crippen molar-refractivity contribution in [1.82, 2.24) is 9.55 Å². The fourth-order valence-electron chi connectivity index (χ4n) is 6.18. The highest BCUT2D eigenvalue weighted by Gasteiger charge is 2.63. The highest BCUT2D eigenvalue weighted by molar-refractivity contribution is 6.74. The quantitative estimate of drug-likeness (QED) is 0.0480. The van der Waals surface area contributed by atoms with E-state index in [1.807, 2.05) is 33.9 Å². The van der Waals surface area contributed by atoms with Crippen molar-refractivity contribution in [3.05, 3.63) is 22.7 Å². The van der Waals surface area contributed by atoms with Gasteiger partial charge in [-0.3, -0.25) is 9.36 Å². The van der Waals surface area contributed by atoms with E-state index < -0.39 is 73.5 Å². The second kappa shape index (κ2) is 22.6. The average molecular weight is 844 g/mol. The van der Waals surface area contributed by atoms with Gasteiger partial charge in [-0.15, -0.1) is 0 Å². The predicted octanol–water partition coefficient (Wildman–Crippen LogP) is 11.6. The molecule has 12 nitrogen and oxygen atoms in total. The normalized spacial score (nSPS) is 18.6. The molecular formula is C43H75F2N3O9Si. The maximum atomic E-state index is 16.4. The van der Waals surface area contributed by atoms with E-state index in [2.05, 4.69) is 11.9 Å². The minimum atomic E-state index is -3.89. The minimum Gasteiger partial charge on any atom is -0.453 e. The van der Waals surface area contributed by atoms with E-state index in [1.165, 1.54) is 64.2 Å². The highest BCUT2D eigenvalue weighted by atomic mass is 28.4. The Morgan fingerprint density at radius 3 is 1.66 bits per heavy atom. The number of ether oxygens (including phenoxy) is 4. The van der Waals surface area contributed by atoms with Crippen LogP contribution in [0.1, 0.15) is 178 Å². The van der Waals surface area contributed by atoms with E-state index in [-0.39, 0.29) is 18.1 Å². The van der Waals surface area contributed by atoms with Crippen LogP contribution in [0.5, 0.6) is 0 Å². The minimum absolute atomic E-state index is 0.0350. The van der Waals surface area contributed by atoms with Crippen molar-refractivity contribution in [2.45, 2.75) is 226 Å². The van der Waals surface area contributed by atoms with Crippen LogP contribution in [0.25, 0.3) is 0 Å². The first kappa shape index (κ1) is 51.2. The molecule has 0 spiro atoms. The van der Waals surface area contributed by atoms with Crippen molar-refractivity contribution in [3.63, 3.8) is 0 Å². The molecule has 1 aromatic rings. The summed E-state index contributed by atoms with van der Waals surface area (Å²) in [6.45, 7) is 21.4. The zero-order valence-electron chi connectivity index (χ0n) is 37.7. The van der Waals surface area contributed by atoms with Crippen molar-refractivity contribution < 1.29 is 46.5 Å². The van der Waals surface area contributed by atoms with E-state index >= 15 is 8.78 Å². The van der Waals surface area contributed by atoms with E-state index in [0.29, 0.717) is 15.9 Å². The summed E-state index contributed by atoms with van der Waals surface area (Å²) in [7, 11) is -2.47. The molecule has 0 radical (unpaired) electrons. The highest BCUT2D eigenvalue weighted by Crippen LogP contribution is 2.45. The maximum Gasteiger partial charge on any atom is 0.425 e. The third-order valence-corrected chi connectivity index (χ3v) is 15.0. The first-order chi connectivity index (χ1) is 26.8. The number of aromatic nitrogens is 2. The Kier molecular flexibility index (Phi) is 20.0. The van der Waals surface area contributed by atoms with Crippen LogP contribution in [-0.2, 0) is 28.2 Å². The summed E-state index contributed by atoms with van der Waals surface area (Å²) >= 11 is 0. The molecular weight excluding hydrogens is 769 g/mol.